The molecule has 1 fully saturated rings. The fraction of sp³-hybridized carbons (Fsp3) is 0.900. The predicted molar refractivity (Wildman–Crippen MR) is 57.5 cm³/mol. The van der Waals surface area contributed by atoms with Gasteiger partial charge in [0, 0.05) is 19.1 Å². The first-order valence-corrected chi connectivity index (χ1v) is 5.22. The van der Waals surface area contributed by atoms with Gasteiger partial charge in [-0.25, -0.2) is 0 Å². The topological polar surface area (TPSA) is 62.3 Å². The zero-order valence-corrected chi connectivity index (χ0v) is 9.12. The lowest BCUT2D eigenvalue weighted by molar-refractivity contribution is 0.0807. The molecule has 4 heteroatoms. The summed E-state index contributed by atoms with van der Waals surface area (Å²) in [5.41, 5.74) is 5.49. The van der Waals surface area contributed by atoms with Gasteiger partial charge in [-0.2, -0.15) is 0 Å². The monoisotopic (exact) mass is 199 g/mol. The fourth-order valence-electron chi connectivity index (χ4n) is 2.00. The molecule has 0 aromatic rings. The van der Waals surface area contributed by atoms with E-state index in [4.69, 9.17) is 15.9 Å². The van der Waals surface area contributed by atoms with Crippen molar-refractivity contribution in [1.29, 1.82) is 5.41 Å². The molecule has 1 aliphatic heterocycles. The van der Waals surface area contributed by atoms with Crippen molar-refractivity contribution in [2.75, 3.05) is 26.8 Å². The van der Waals surface area contributed by atoms with E-state index >= 15 is 0 Å². The minimum Gasteiger partial charge on any atom is -0.387 e. The highest BCUT2D eigenvalue weighted by Gasteiger charge is 2.23. The first-order valence-electron chi connectivity index (χ1n) is 5.22. The number of rotatable bonds is 4. The lowest BCUT2D eigenvalue weighted by Gasteiger charge is -2.35. The van der Waals surface area contributed by atoms with Crippen molar-refractivity contribution in [3.63, 3.8) is 0 Å². The lowest BCUT2D eigenvalue weighted by atomic mass is 9.95. The van der Waals surface area contributed by atoms with Crippen LogP contribution >= 0.6 is 0 Å². The molecule has 82 valence electrons. The van der Waals surface area contributed by atoms with E-state index in [0.717, 1.165) is 32.5 Å². The number of hydrogen-bond donors (Lipinski definition) is 2. The number of nitrogens with zero attached hydrogens (tertiary/aromatic N) is 1. The number of methoxy groups -OCH3 is 1. The van der Waals surface area contributed by atoms with E-state index in [1.54, 1.807) is 7.11 Å². The highest BCUT2D eigenvalue weighted by Crippen LogP contribution is 2.18. The molecular formula is C10H21N3O. The molecule has 0 aromatic carbocycles. The van der Waals surface area contributed by atoms with Gasteiger partial charge in [-0.1, -0.05) is 0 Å². The maximum Gasteiger partial charge on any atom is 0.0937 e. The Bertz CT molecular complexity index is 188. The highest BCUT2D eigenvalue weighted by molar-refractivity contribution is 5.79. The van der Waals surface area contributed by atoms with E-state index in [0.29, 0.717) is 17.8 Å². The van der Waals surface area contributed by atoms with Crippen molar-refractivity contribution in [2.45, 2.75) is 25.8 Å². The third-order valence-electron chi connectivity index (χ3n) is 3.00. The molecule has 0 amide bonds. The van der Waals surface area contributed by atoms with Crippen LogP contribution in [0.25, 0.3) is 0 Å². The molecule has 0 saturated carbocycles. The molecule has 1 atom stereocenters. The van der Waals surface area contributed by atoms with Crippen LogP contribution in [0.5, 0.6) is 0 Å². The molecule has 0 aromatic heterocycles. The summed E-state index contributed by atoms with van der Waals surface area (Å²) in [4.78, 5) is 2.41. The van der Waals surface area contributed by atoms with E-state index in [2.05, 4.69) is 11.8 Å². The van der Waals surface area contributed by atoms with E-state index < -0.39 is 0 Å². The predicted octanol–water partition coefficient (Wildman–Crippen LogP) is 0.669. The van der Waals surface area contributed by atoms with Crippen LogP contribution in [-0.4, -0.2) is 43.6 Å². The van der Waals surface area contributed by atoms with E-state index in [1.165, 1.54) is 0 Å². The first kappa shape index (κ1) is 11.5. The fourth-order valence-corrected chi connectivity index (χ4v) is 2.00. The molecule has 4 nitrogen and oxygen atoms in total. The van der Waals surface area contributed by atoms with Crippen LogP contribution < -0.4 is 5.73 Å². The van der Waals surface area contributed by atoms with Crippen LogP contribution in [-0.2, 0) is 4.74 Å². The Labute approximate surface area is 85.9 Å². The summed E-state index contributed by atoms with van der Waals surface area (Å²) in [5.74, 6) is 0.657. The number of ether oxygens (including phenoxy) is 1. The quantitative estimate of drug-likeness (QED) is 0.516. The molecule has 1 heterocycles. The third kappa shape index (κ3) is 2.96. The normalized spacial score (nSPS) is 22.1. The average molecular weight is 199 g/mol. The van der Waals surface area contributed by atoms with Gasteiger partial charge < -0.3 is 10.5 Å². The summed E-state index contributed by atoms with van der Waals surface area (Å²) < 4.78 is 5.12. The molecule has 0 bridgehead atoms. The zero-order valence-electron chi connectivity index (χ0n) is 9.12. The summed E-state index contributed by atoms with van der Waals surface area (Å²) in [6.45, 7) is 5.03. The van der Waals surface area contributed by atoms with Crippen molar-refractivity contribution >= 4 is 5.84 Å². The second-order valence-corrected chi connectivity index (χ2v) is 4.07. The standard InChI is InChI=1S/C10H21N3O/c1-8(7-14-2)13-5-3-9(4-6-13)10(11)12/h8-9H,3-7H2,1-2H3,(H3,11,12). The maximum atomic E-state index is 7.38. The van der Waals surface area contributed by atoms with Crippen LogP contribution in [0.4, 0.5) is 0 Å². The number of piperidine rings is 1. The summed E-state index contributed by atoms with van der Waals surface area (Å²) in [7, 11) is 1.73. The van der Waals surface area contributed by atoms with Crippen LogP contribution in [0.2, 0.25) is 0 Å². The SMILES string of the molecule is COCC(C)N1CCC(C(=N)N)CC1. The van der Waals surface area contributed by atoms with E-state index in [9.17, 15) is 0 Å². The Morgan fingerprint density at radius 3 is 2.57 bits per heavy atom. The molecule has 1 rings (SSSR count). The van der Waals surface area contributed by atoms with Crippen molar-refractivity contribution in [3.05, 3.63) is 0 Å². The Hall–Kier alpha value is -0.610. The minimum atomic E-state index is 0.306. The molecule has 0 radical (unpaired) electrons. The van der Waals surface area contributed by atoms with Gasteiger partial charge in [0.2, 0.25) is 0 Å². The smallest absolute Gasteiger partial charge is 0.0937 e. The van der Waals surface area contributed by atoms with Crippen LogP contribution in [0.1, 0.15) is 19.8 Å². The molecule has 1 saturated heterocycles. The third-order valence-corrected chi connectivity index (χ3v) is 3.00. The minimum absolute atomic E-state index is 0.306. The van der Waals surface area contributed by atoms with Gasteiger partial charge in [0.1, 0.15) is 0 Å². The zero-order chi connectivity index (χ0) is 10.6. The van der Waals surface area contributed by atoms with Crippen LogP contribution in [0.15, 0.2) is 0 Å². The number of hydrogen-bond acceptors (Lipinski definition) is 3. The summed E-state index contributed by atoms with van der Waals surface area (Å²) in [6.07, 6.45) is 2.03. The Balaban J connectivity index is 2.31. The van der Waals surface area contributed by atoms with Gasteiger partial charge in [0.25, 0.3) is 0 Å². The average Bonchev–Trinajstić information content (AvgIpc) is 2.18. The second-order valence-electron chi connectivity index (χ2n) is 4.07. The van der Waals surface area contributed by atoms with Crippen LogP contribution in [0, 0.1) is 11.3 Å². The van der Waals surface area contributed by atoms with Gasteiger partial charge in [-0.05, 0) is 32.9 Å². The van der Waals surface area contributed by atoms with E-state index in [-0.39, 0.29) is 0 Å². The van der Waals surface area contributed by atoms with Crippen molar-refractivity contribution in [1.82, 2.24) is 4.90 Å². The Morgan fingerprint density at radius 2 is 2.14 bits per heavy atom. The van der Waals surface area contributed by atoms with Crippen molar-refractivity contribution in [2.24, 2.45) is 11.7 Å². The van der Waals surface area contributed by atoms with Gasteiger partial charge in [-0.15, -0.1) is 0 Å². The number of likely N-dealkylation sites (tertiary alicyclic amines) is 1. The van der Waals surface area contributed by atoms with Crippen molar-refractivity contribution in [3.8, 4) is 0 Å². The number of nitrogens with two attached hydrogens (primary N) is 1. The van der Waals surface area contributed by atoms with Gasteiger partial charge in [0.15, 0.2) is 0 Å². The van der Waals surface area contributed by atoms with Crippen LogP contribution in [0.3, 0.4) is 0 Å². The summed E-state index contributed by atoms with van der Waals surface area (Å²) in [5, 5.41) is 7.38. The molecule has 0 spiro atoms. The molecule has 1 aliphatic rings. The first-order chi connectivity index (χ1) is 6.65. The van der Waals surface area contributed by atoms with E-state index in [1.807, 2.05) is 0 Å². The molecule has 0 aliphatic carbocycles. The highest BCUT2D eigenvalue weighted by atomic mass is 16.5. The lowest BCUT2D eigenvalue weighted by Crippen LogP contribution is -2.44. The summed E-state index contributed by atoms with van der Waals surface area (Å²) >= 11 is 0. The second kappa shape index (κ2) is 5.32. The Kier molecular flexibility index (Phi) is 4.35. The Morgan fingerprint density at radius 1 is 1.57 bits per heavy atom. The molecular weight excluding hydrogens is 178 g/mol. The number of nitrogens with one attached hydrogen (secondary N) is 1. The molecule has 1 unspecified atom stereocenters. The molecule has 3 N–H and O–H groups in total. The van der Waals surface area contributed by atoms with Gasteiger partial charge >= 0.3 is 0 Å². The maximum absolute atomic E-state index is 7.38. The van der Waals surface area contributed by atoms with Gasteiger partial charge in [-0.3, -0.25) is 10.3 Å². The molecule has 14 heavy (non-hydrogen) atoms. The van der Waals surface area contributed by atoms with Crippen molar-refractivity contribution < 1.29 is 4.74 Å². The van der Waals surface area contributed by atoms with Gasteiger partial charge in [0.05, 0.1) is 12.4 Å². The number of amidine groups is 1. The summed E-state index contributed by atoms with van der Waals surface area (Å²) in [6, 6.07) is 0.480. The largest absolute Gasteiger partial charge is 0.387 e.